The molecule has 1 aliphatic rings. The van der Waals surface area contributed by atoms with Crippen LogP contribution in [0.1, 0.15) is 11.1 Å². The van der Waals surface area contributed by atoms with Crippen molar-refractivity contribution < 1.29 is 51.3 Å². The Morgan fingerprint density at radius 2 is 1.75 bits per heavy atom. The van der Waals surface area contributed by atoms with Crippen molar-refractivity contribution in [2.75, 3.05) is 22.6 Å². The summed E-state index contributed by atoms with van der Waals surface area (Å²) in [6.45, 7) is -0.303. The molecule has 48 heavy (non-hydrogen) atoms. The number of hydrogen-bond donors (Lipinski definition) is 1. The molecular formula is C29H22F9N5O3S2. The van der Waals surface area contributed by atoms with Gasteiger partial charge < -0.3 is 14.6 Å². The lowest BCUT2D eigenvalue weighted by atomic mass is 10.1. The van der Waals surface area contributed by atoms with Crippen LogP contribution in [0.2, 0.25) is 0 Å². The molecule has 4 aromatic rings. The highest BCUT2D eigenvalue weighted by Gasteiger charge is 2.65. The quantitative estimate of drug-likeness (QED) is 0.183. The number of rotatable bonds is 8. The van der Waals surface area contributed by atoms with Crippen molar-refractivity contribution in [2.45, 2.75) is 24.6 Å². The summed E-state index contributed by atoms with van der Waals surface area (Å²) < 4.78 is 124. The van der Waals surface area contributed by atoms with Gasteiger partial charge in [0.15, 0.2) is 5.17 Å². The van der Waals surface area contributed by atoms with E-state index < -0.39 is 52.3 Å². The lowest BCUT2D eigenvalue weighted by molar-refractivity contribution is -0.176. The fourth-order valence-corrected chi connectivity index (χ4v) is 5.97. The van der Waals surface area contributed by atoms with Crippen molar-refractivity contribution in [2.24, 2.45) is 4.99 Å². The highest BCUT2D eigenvalue weighted by molar-refractivity contribution is 8.45. The summed E-state index contributed by atoms with van der Waals surface area (Å²) in [5.41, 5.74) is 1.19. The average Bonchev–Trinajstić information content (AvgIpc) is 3.60. The molecule has 5 rings (SSSR count). The summed E-state index contributed by atoms with van der Waals surface area (Å²) in [4.78, 5) is 32.5. The van der Waals surface area contributed by atoms with Crippen molar-refractivity contribution in [1.29, 1.82) is 0 Å². The number of urea groups is 1. The number of aryl methyl sites for hydroxylation is 1. The summed E-state index contributed by atoms with van der Waals surface area (Å²) in [5.74, 6) is -1.55. The molecule has 0 unspecified atom stereocenters. The van der Waals surface area contributed by atoms with E-state index in [1.54, 1.807) is 13.0 Å². The van der Waals surface area contributed by atoms with Gasteiger partial charge >= 0.3 is 22.4 Å². The molecule has 0 atom stereocenters. The SMILES string of the molecule is Cc1ccc(COCC(F)(F)F)c(N2C(=O)CS/C2=N\C(=O)Nc2ccc(-c3cn(-c4ccc(S(F)(F)(F)(F)F)cc4)cn3)cc2F)c1. The standard InChI is InChI=1S/C29H22F9N5O3S2/c1-17-2-3-19(13-46-15-29(31,32)33)25(10-17)43-26(44)14-47-28(43)41-27(45)40-23-9-4-18(11-22(23)30)24-12-42(16-39-24)20-5-7-21(8-6-20)48(34,35,36,37)38/h2-12,16H,13-15H2,1H3,(H,40,45)/b41-28-. The fraction of sp³-hybridized carbons (Fsp3) is 0.172. The average molecular weight is 724 g/mol. The van der Waals surface area contributed by atoms with Gasteiger partial charge in [-0.05, 0) is 55.0 Å². The van der Waals surface area contributed by atoms with E-state index in [9.17, 15) is 42.2 Å². The summed E-state index contributed by atoms with van der Waals surface area (Å²) in [6, 6.07) is 9.30. The van der Waals surface area contributed by atoms with E-state index in [-0.39, 0.29) is 56.9 Å². The molecule has 0 spiro atoms. The van der Waals surface area contributed by atoms with E-state index in [4.69, 9.17) is 4.74 Å². The third-order valence-electron chi connectivity index (χ3n) is 6.64. The predicted octanol–water partition coefficient (Wildman–Crippen LogP) is 9.39. The van der Waals surface area contributed by atoms with Gasteiger partial charge in [-0.1, -0.05) is 49.4 Å². The number of ether oxygens (including phenoxy) is 1. The van der Waals surface area contributed by atoms with E-state index in [1.807, 2.05) is 0 Å². The van der Waals surface area contributed by atoms with Crippen LogP contribution in [0.5, 0.6) is 0 Å². The van der Waals surface area contributed by atoms with Gasteiger partial charge in [0, 0.05) is 23.0 Å². The van der Waals surface area contributed by atoms with Crippen LogP contribution in [-0.4, -0.2) is 45.2 Å². The first-order valence-electron chi connectivity index (χ1n) is 13.4. The zero-order valence-corrected chi connectivity index (χ0v) is 25.9. The molecule has 3 amide bonds. The van der Waals surface area contributed by atoms with Gasteiger partial charge in [0.1, 0.15) is 17.3 Å². The monoisotopic (exact) mass is 723 g/mol. The second-order valence-electron chi connectivity index (χ2n) is 10.4. The molecule has 0 radical (unpaired) electrons. The molecule has 1 N–H and O–H groups in total. The third kappa shape index (κ3) is 8.32. The van der Waals surface area contributed by atoms with Gasteiger partial charge in [-0.3, -0.25) is 9.69 Å². The Morgan fingerprint density at radius 3 is 2.40 bits per heavy atom. The topological polar surface area (TPSA) is 88.8 Å². The largest absolute Gasteiger partial charge is 0.411 e. The number of aromatic nitrogens is 2. The number of carbonyl (C=O) groups is 2. The minimum Gasteiger partial charge on any atom is -0.367 e. The number of nitrogens with one attached hydrogen (secondary N) is 1. The Morgan fingerprint density at radius 1 is 1.04 bits per heavy atom. The molecular weight excluding hydrogens is 701 g/mol. The number of benzene rings is 3. The van der Waals surface area contributed by atoms with Gasteiger partial charge in [0.2, 0.25) is 5.91 Å². The number of carbonyl (C=O) groups excluding carboxylic acids is 2. The van der Waals surface area contributed by atoms with Crippen molar-refractivity contribution in [1.82, 2.24) is 9.55 Å². The normalized spacial score (nSPS) is 16.2. The van der Waals surface area contributed by atoms with Crippen molar-refractivity contribution in [3.8, 4) is 16.9 Å². The van der Waals surface area contributed by atoms with Gasteiger partial charge in [-0.2, -0.15) is 18.2 Å². The van der Waals surface area contributed by atoms with Crippen molar-refractivity contribution in [3.63, 3.8) is 0 Å². The molecule has 0 bridgehead atoms. The fourth-order valence-electron chi connectivity index (χ4n) is 4.46. The van der Waals surface area contributed by atoms with Crippen LogP contribution in [0.4, 0.5) is 53.2 Å². The Hall–Kier alpha value is -4.49. The van der Waals surface area contributed by atoms with E-state index >= 15 is 4.39 Å². The zero-order chi connectivity index (χ0) is 35.1. The maximum atomic E-state index is 15.0. The third-order valence-corrected chi connectivity index (χ3v) is 8.72. The number of amidine groups is 1. The van der Waals surface area contributed by atoms with Gasteiger partial charge in [0.25, 0.3) is 0 Å². The Balaban J connectivity index is 1.31. The van der Waals surface area contributed by atoms with Crippen LogP contribution < -0.4 is 10.2 Å². The predicted molar refractivity (Wildman–Crippen MR) is 164 cm³/mol. The molecule has 1 fully saturated rings. The maximum absolute atomic E-state index is 15.0. The van der Waals surface area contributed by atoms with E-state index in [1.165, 1.54) is 41.4 Å². The first-order valence-corrected chi connectivity index (χ1v) is 16.4. The molecule has 1 aromatic heterocycles. The molecule has 8 nitrogen and oxygen atoms in total. The molecule has 0 saturated carbocycles. The van der Waals surface area contributed by atoms with Crippen LogP contribution in [-0.2, 0) is 16.1 Å². The minimum atomic E-state index is -9.85. The second-order valence-corrected chi connectivity index (χ2v) is 13.8. The number of nitrogens with zero attached hydrogens (tertiary/aromatic N) is 4. The van der Waals surface area contributed by atoms with E-state index in [2.05, 4.69) is 15.3 Å². The first kappa shape index (κ1) is 34.8. The van der Waals surface area contributed by atoms with Gasteiger partial charge in [-0.25, -0.2) is 14.2 Å². The Bertz CT molecular complexity index is 1930. The molecule has 1 saturated heterocycles. The van der Waals surface area contributed by atoms with Crippen LogP contribution in [0.25, 0.3) is 16.9 Å². The Labute approximate surface area is 270 Å². The number of alkyl halides is 3. The summed E-state index contributed by atoms with van der Waals surface area (Å²) in [6.07, 6.45) is -2.06. The lowest BCUT2D eigenvalue weighted by Crippen LogP contribution is -2.31. The number of amides is 3. The molecule has 3 aromatic carbocycles. The molecule has 19 heteroatoms. The molecule has 256 valence electrons. The van der Waals surface area contributed by atoms with Crippen molar-refractivity contribution in [3.05, 3.63) is 90.1 Å². The highest BCUT2D eigenvalue weighted by atomic mass is 32.5. The van der Waals surface area contributed by atoms with E-state index in [0.29, 0.717) is 5.56 Å². The number of anilines is 2. The second kappa shape index (κ2) is 11.9. The zero-order valence-electron chi connectivity index (χ0n) is 24.3. The van der Waals surface area contributed by atoms with Gasteiger partial charge in [0.05, 0.1) is 35.8 Å². The lowest BCUT2D eigenvalue weighted by Gasteiger charge is -2.40. The van der Waals surface area contributed by atoms with Crippen molar-refractivity contribution >= 4 is 50.5 Å². The smallest absolute Gasteiger partial charge is 0.367 e. The van der Waals surface area contributed by atoms with Crippen LogP contribution in [0, 0.1) is 12.7 Å². The summed E-state index contributed by atoms with van der Waals surface area (Å²) in [7, 11) is -9.85. The van der Waals surface area contributed by atoms with E-state index in [0.717, 1.165) is 34.9 Å². The number of hydrogen-bond acceptors (Lipinski definition) is 5. The molecule has 1 aliphatic heterocycles. The van der Waals surface area contributed by atoms with Crippen LogP contribution in [0.15, 0.2) is 83.1 Å². The summed E-state index contributed by atoms with van der Waals surface area (Å²) >= 11 is 0.890. The number of thioether (sulfide) groups is 1. The minimum absolute atomic E-state index is 0.0757. The number of halogens is 9. The molecule has 2 heterocycles. The van der Waals surface area contributed by atoms with Crippen LogP contribution >= 0.6 is 22.0 Å². The first-order chi connectivity index (χ1) is 22.2. The maximum Gasteiger partial charge on any atom is 0.411 e. The van der Waals surface area contributed by atoms with Crippen LogP contribution in [0.3, 0.4) is 0 Å². The highest BCUT2D eigenvalue weighted by Crippen LogP contribution is 3.02. The Kier molecular flexibility index (Phi) is 8.62. The number of aliphatic imine (C=N–C) groups is 1. The number of imidazole rings is 1. The van der Waals surface area contributed by atoms with Gasteiger partial charge in [-0.15, -0.1) is 0 Å². The molecule has 0 aliphatic carbocycles. The summed E-state index contributed by atoms with van der Waals surface area (Å²) in [5, 5.41) is 2.16.